The van der Waals surface area contributed by atoms with E-state index in [1.807, 2.05) is 26.0 Å². The molecule has 0 aromatic heterocycles. The normalized spacial score (nSPS) is 17.3. The van der Waals surface area contributed by atoms with Gasteiger partial charge in [0.15, 0.2) is 0 Å². The third-order valence-corrected chi connectivity index (χ3v) is 4.64. The molecule has 1 heterocycles. The van der Waals surface area contributed by atoms with Gasteiger partial charge in [0.2, 0.25) is 11.8 Å². The van der Waals surface area contributed by atoms with E-state index in [2.05, 4.69) is 5.32 Å². The van der Waals surface area contributed by atoms with Crippen LogP contribution in [0.25, 0.3) is 0 Å². The number of para-hydroxylation sites is 1. The van der Waals surface area contributed by atoms with E-state index in [0.717, 1.165) is 22.1 Å². The molecule has 0 spiro atoms. The summed E-state index contributed by atoms with van der Waals surface area (Å²) < 4.78 is 39.7. The number of hydrogen-bond donors (Lipinski definition) is 1. The topological polar surface area (TPSA) is 49.4 Å². The first-order valence-electron chi connectivity index (χ1n) is 8.51. The Morgan fingerprint density at radius 2 is 1.85 bits per heavy atom. The Kier molecular flexibility index (Phi) is 4.95. The molecule has 1 atom stereocenters. The van der Waals surface area contributed by atoms with E-state index >= 15 is 0 Å². The monoisotopic (exact) mass is 376 g/mol. The van der Waals surface area contributed by atoms with Gasteiger partial charge in [0, 0.05) is 18.7 Å². The molecule has 2 aromatic carbocycles. The number of hydrogen-bond acceptors (Lipinski definition) is 2. The van der Waals surface area contributed by atoms with E-state index in [1.54, 1.807) is 6.07 Å². The minimum atomic E-state index is -4.57. The second-order valence-corrected chi connectivity index (χ2v) is 6.73. The van der Waals surface area contributed by atoms with Crippen LogP contribution in [0.4, 0.5) is 24.5 Å². The number of amides is 2. The number of nitrogens with zero attached hydrogens (tertiary/aromatic N) is 1. The number of benzene rings is 2. The maximum atomic E-state index is 13.2. The largest absolute Gasteiger partial charge is 0.418 e. The van der Waals surface area contributed by atoms with Crippen molar-refractivity contribution in [1.82, 2.24) is 0 Å². The maximum absolute atomic E-state index is 13.2. The Morgan fingerprint density at radius 3 is 2.52 bits per heavy atom. The molecule has 1 unspecified atom stereocenters. The minimum absolute atomic E-state index is 0.0807. The number of aryl methyl sites for hydroxylation is 2. The summed E-state index contributed by atoms with van der Waals surface area (Å²) >= 11 is 0. The highest BCUT2D eigenvalue weighted by molar-refractivity contribution is 6.04. The molecule has 1 saturated heterocycles. The molecule has 4 nitrogen and oxygen atoms in total. The number of anilines is 2. The van der Waals surface area contributed by atoms with Crippen LogP contribution in [-0.2, 0) is 15.8 Å². The lowest BCUT2D eigenvalue weighted by atomic mass is 10.1. The molecule has 1 fully saturated rings. The summed E-state index contributed by atoms with van der Waals surface area (Å²) in [5.74, 6) is -1.57. The highest BCUT2D eigenvalue weighted by Gasteiger charge is 2.40. The Bertz CT molecular complexity index is 893. The Balaban J connectivity index is 1.79. The quantitative estimate of drug-likeness (QED) is 0.868. The first-order chi connectivity index (χ1) is 12.7. The van der Waals surface area contributed by atoms with E-state index in [4.69, 9.17) is 0 Å². The Labute approximate surface area is 155 Å². The highest BCUT2D eigenvalue weighted by atomic mass is 19.4. The van der Waals surface area contributed by atoms with Gasteiger partial charge in [-0.3, -0.25) is 9.59 Å². The number of nitrogens with one attached hydrogen (secondary N) is 1. The third-order valence-electron chi connectivity index (χ3n) is 4.64. The molecule has 2 amide bonds. The van der Waals surface area contributed by atoms with Gasteiger partial charge < -0.3 is 10.2 Å². The molecular formula is C20H19F3N2O2. The zero-order valence-corrected chi connectivity index (χ0v) is 14.9. The van der Waals surface area contributed by atoms with Gasteiger partial charge in [0.05, 0.1) is 17.2 Å². The van der Waals surface area contributed by atoms with E-state index in [0.29, 0.717) is 5.69 Å². The van der Waals surface area contributed by atoms with Crippen LogP contribution >= 0.6 is 0 Å². The third kappa shape index (κ3) is 3.97. The van der Waals surface area contributed by atoms with Crippen LogP contribution in [0, 0.1) is 19.8 Å². The Hall–Kier alpha value is -2.83. The first kappa shape index (κ1) is 18.9. The predicted octanol–water partition coefficient (Wildman–Crippen LogP) is 4.31. The molecule has 1 aliphatic rings. The number of rotatable bonds is 3. The van der Waals surface area contributed by atoms with E-state index in [9.17, 15) is 22.8 Å². The fraction of sp³-hybridized carbons (Fsp3) is 0.300. The van der Waals surface area contributed by atoms with Gasteiger partial charge >= 0.3 is 6.18 Å². The highest BCUT2D eigenvalue weighted by Crippen LogP contribution is 2.38. The van der Waals surface area contributed by atoms with Crippen LogP contribution in [0.3, 0.4) is 0 Å². The standard InChI is InChI=1S/C20H19F3N2O2/c1-12-7-8-16(13(2)9-12)24-19(27)14-10-18(26)25(11-14)17-6-4-3-5-15(17)20(21,22)23/h3-9,14H,10-11H2,1-2H3,(H,24,27). The molecule has 27 heavy (non-hydrogen) atoms. The van der Waals surface area contributed by atoms with Crippen LogP contribution in [-0.4, -0.2) is 18.4 Å². The van der Waals surface area contributed by atoms with Gasteiger partial charge in [0.1, 0.15) is 0 Å². The SMILES string of the molecule is Cc1ccc(NC(=O)C2CC(=O)N(c3ccccc3C(F)(F)F)C2)c(C)c1. The van der Waals surface area contributed by atoms with Gasteiger partial charge in [-0.1, -0.05) is 29.8 Å². The Morgan fingerprint density at radius 1 is 1.15 bits per heavy atom. The summed E-state index contributed by atoms with van der Waals surface area (Å²) in [5.41, 5.74) is 1.47. The minimum Gasteiger partial charge on any atom is -0.326 e. The van der Waals surface area contributed by atoms with Gasteiger partial charge in [0.25, 0.3) is 0 Å². The van der Waals surface area contributed by atoms with Gasteiger partial charge in [-0.25, -0.2) is 0 Å². The number of alkyl halides is 3. The van der Waals surface area contributed by atoms with Crippen LogP contribution in [0.1, 0.15) is 23.1 Å². The van der Waals surface area contributed by atoms with Crippen LogP contribution in [0.5, 0.6) is 0 Å². The first-order valence-corrected chi connectivity index (χ1v) is 8.51. The van der Waals surface area contributed by atoms with Crippen molar-refractivity contribution in [2.24, 2.45) is 5.92 Å². The smallest absolute Gasteiger partial charge is 0.326 e. The predicted molar refractivity (Wildman–Crippen MR) is 96.4 cm³/mol. The number of carbonyl (C=O) groups excluding carboxylic acids is 2. The molecule has 1 N–H and O–H groups in total. The molecular weight excluding hydrogens is 357 g/mol. The van der Waals surface area contributed by atoms with Crippen LogP contribution in [0.2, 0.25) is 0 Å². The summed E-state index contributed by atoms with van der Waals surface area (Å²) in [6, 6.07) is 10.5. The van der Waals surface area contributed by atoms with Crippen LogP contribution < -0.4 is 10.2 Å². The fourth-order valence-electron chi connectivity index (χ4n) is 3.25. The molecule has 3 rings (SSSR count). The second kappa shape index (κ2) is 7.06. The van der Waals surface area contributed by atoms with Crippen LogP contribution in [0.15, 0.2) is 42.5 Å². The maximum Gasteiger partial charge on any atom is 0.418 e. The summed E-state index contributed by atoms with van der Waals surface area (Å²) in [4.78, 5) is 25.9. The molecule has 1 aliphatic heterocycles. The number of halogens is 3. The molecule has 0 bridgehead atoms. The molecule has 7 heteroatoms. The molecule has 0 aliphatic carbocycles. The zero-order chi connectivity index (χ0) is 19.8. The summed E-state index contributed by atoms with van der Waals surface area (Å²) in [6.07, 6.45) is -4.70. The van der Waals surface area contributed by atoms with E-state index < -0.39 is 23.6 Å². The van der Waals surface area contributed by atoms with Gasteiger partial charge in [-0.05, 0) is 37.6 Å². The summed E-state index contributed by atoms with van der Waals surface area (Å²) in [7, 11) is 0. The lowest BCUT2D eigenvalue weighted by Crippen LogP contribution is -2.29. The molecule has 0 saturated carbocycles. The lowest BCUT2D eigenvalue weighted by molar-refractivity contribution is -0.137. The van der Waals surface area contributed by atoms with Crippen molar-refractivity contribution in [3.05, 3.63) is 59.2 Å². The molecule has 142 valence electrons. The average Bonchev–Trinajstić information content (AvgIpc) is 2.98. The van der Waals surface area contributed by atoms with Crippen molar-refractivity contribution >= 4 is 23.2 Å². The average molecular weight is 376 g/mol. The van der Waals surface area contributed by atoms with Crippen molar-refractivity contribution in [2.75, 3.05) is 16.8 Å². The summed E-state index contributed by atoms with van der Waals surface area (Å²) in [5, 5.41) is 2.78. The molecule has 2 aromatic rings. The summed E-state index contributed by atoms with van der Waals surface area (Å²) in [6.45, 7) is 3.71. The second-order valence-electron chi connectivity index (χ2n) is 6.73. The van der Waals surface area contributed by atoms with Crippen molar-refractivity contribution in [3.63, 3.8) is 0 Å². The zero-order valence-electron chi connectivity index (χ0n) is 14.9. The van der Waals surface area contributed by atoms with Crippen molar-refractivity contribution in [3.8, 4) is 0 Å². The lowest BCUT2D eigenvalue weighted by Gasteiger charge is -2.21. The van der Waals surface area contributed by atoms with E-state index in [1.165, 1.54) is 18.2 Å². The molecule has 0 radical (unpaired) electrons. The van der Waals surface area contributed by atoms with Crippen molar-refractivity contribution in [2.45, 2.75) is 26.4 Å². The van der Waals surface area contributed by atoms with Crippen molar-refractivity contribution in [1.29, 1.82) is 0 Å². The van der Waals surface area contributed by atoms with E-state index in [-0.39, 0.29) is 24.6 Å². The number of carbonyl (C=O) groups is 2. The van der Waals surface area contributed by atoms with Gasteiger partial charge in [-0.2, -0.15) is 13.2 Å². The van der Waals surface area contributed by atoms with Crippen molar-refractivity contribution < 1.29 is 22.8 Å². The fourth-order valence-corrected chi connectivity index (χ4v) is 3.25. The van der Waals surface area contributed by atoms with Gasteiger partial charge in [-0.15, -0.1) is 0 Å².